The Morgan fingerprint density at radius 2 is 2.19 bits per heavy atom. The molecule has 0 saturated heterocycles. The lowest BCUT2D eigenvalue weighted by Crippen LogP contribution is -2.14. The lowest BCUT2D eigenvalue weighted by molar-refractivity contribution is 0.0589. The van der Waals surface area contributed by atoms with Crippen LogP contribution < -0.4 is 11.2 Å². The van der Waals surface area contributed by atoms with E-state index in [0.717, 1.165) is 39.0 Å². The van der Waals surface area contributed by atoms with Crippen LogP contribution >= 0.6 is 15.9 Å². The van der Waals surface area contributed by atoms with Crippen molar-refractivity contribution in [3.8, 4) is 0 Å². The number of aryl methyl sites for hydroxylation is 1. The second kappa shape index (κ2) is 8.64. The fourth-order valence-electron chi connectivity index (χ4n) is 2.81. The number of halogens is 1. The predicted molar refractivity (Wildman–Crippen MR) is 109 cm³/mol. The topological polar surface area (TPSA) is 100 Å². The highest BCUT2D eigenvalue weighted by Gasteiger charge is 2.18. The first-order valence-corrected chi connectivity index (χ1v) is 9.51. The highest BCUT2D eigenvalue weighted by molar-refractivity contribution is 9.10. The van der Waals surface area contributed by atoms with E-state index in [9.17, 15) is 0 Å². The first-order chi connectivity index (χ1) is 13.0. The summed E-state index contributed by atoms with van der Waals surface area (Å²) in [4.78, 5) is 19.1. The quantitative estimate of drug-likeness (QED) is 0.393. The van der Waals surface area contributed by atoms with Crippen molar-refractivity contribution in [1.82, 2.24) is 25.0 Å². The van der Waals surface area contributed by atoms with Crippen LogP contribution in [0.25, 0.3) is 22.1 Å². The van der Waals surface area contributed by atoms with Crippen molar-refractivity contribution in [1.29, 1.82) is 0 Å². The van der Waals surface area contributed by atoms with Gasteiger partial charge in [-0.25, -0.2) is 9.97 Å². The second-order valence-electron chi connectivity index (χ2n) is 6.12. The number of pyridine rings is 2. The number of fused-ring (bicyclic) bond motifs is 3. The van der Waals surface area contributed by atoms with Crippen molar-refractivity contribution >= 4 is 43.8 Å². The van der Waals surface area contributed by atoms with Gasteiger partial charge in [0.1, 0.15) is 29.0 Å². The molecule has 0 aliphatic carbocycles. The largest absolute Gasteiger partial charge is 0.382 e. The molecule has 0 fully saturated rings. The first kappa shape index (κ1) is 19.5. The van der Waals surface area contributed by atoms with Gasteiger partial charge in [0.05, 0.1) is 12.1 Å². The van der Waals surface area contributed by atoms with Crippen molar-refractivity contribution in [3.05, 3.63) is 34.8 Å². The monoisotopic (exact) mass is 434 g/mol. The Balaban J connectivity index is 2.01. The van der Waals surface area contributed by atoms with Crippen molar-refractivity contribution in [3.63, 3.8) is 0 Å². The average molecular weight is 435 g/mol. The van der Waals surface area contributed by atoms with Gasteiger partial charge < -0.3 is 15.0 Å². The molecule has 0 aliphatic heterocycles. The van der Waals surface area contributed by atoms with E-state index in [-0.39, 0.29) is 0 Å². The summed E-state index contributed by atoms with van der Waals surface area (Å²) in [5, 5.41) is 0. The fourth-order valence-corrected chi connectivity index (χ4v) is 3.13. The Morgan fingerprint density at radius 3 is 2.93 bits per heavy atom. The highest BCUT2D eigenvalue weighted by Crippen LogP contribution is 2.29. The molecule has 27 heavy (non-hydrogen) atoms. The van der Waals surface area contributed by atoms with Crippen LogP contribution in [0.15, 0.2) is 29.0 Å². The molecule has 3 N–H and O–H groups in total. The smallest absolute Gasteiger partial charge is 0.152 e. The molecular formula is C18H23BrN6O2. The normalized spacial score (nSPS) is 11.4. The van der Waals surface area contributed by atoms with Gasteiger partial charge in [0.25, 0.3) is 0 Å². The van der Waals surface area contributed by atoms with E-state index in [1.165, 1.54) is 0 Å². The fraction of sp³-hybridized carbons (Fsp3) is 0.389. The van der Waals surface area contributed by atoms with Crippen LogP contribution in [-0.2, 0) is 22.7 Å². The summed E-state index contributed by atoms with van der Waals surface area (Å²) in [7, 11) is 0. The molecule has 3 aromatic rings. The summed E-state index contributed by atoms with van der Waals surface area (Å²) < 4.78 is 8.53. The molecule has 9 heteroatoms. The predicted octanol–water partition coefficient (Wildman–Crippen LogP) is 3.31. The van der Waals surface area contributed by atoms with Crippen LogP contribution in [0.5, 0.6) is 0 Å². The van der Waals surface area contributed by atoms with Gasteiger partial charge in [-0.3, -0.25) is 15.3 Å². The highest BCUT2D eigenvalue weighted by atomic mass is 79.9. The van der Waals surface area contributed by atoms with Crippen LogP contribution in [0.1, 0.15) is 26.1 Å². The van der Waals surface area contributed by atoms with Crippen molar-refractivity contribution in [2.75, 3.05) is 18.9 Å². The number of allylic oxidation sites excluding steroid dienone is 1. The molecule has 0 unspecified atom stereocenters. The van der Waals surface area contributed by atoms with Gasteiger partial charge in [-0.1, -0.05) is 6.58 Å². The Labute approximate surface area is 165 Å². The molecule has 0 bridgehead atoms. The SMILES string of the molecule is C=C(C)NOCCCn1c(COCC)nc2c(N)nc3cc(Br)cnc3c21. The lowest BCUT2D eigenvalue weighted by atomic mass is 10.2. The van der Waals surface area contributed by atoms with Gasteiger partial charge in [0.15, 0.2) is 5.82 Å². The summed E-state index contributed by atoms with van der Waals surface area (Å²) >= 11 is 3.43. The van der Waals surface area contributed by atoms with Crippen molar-refractivity contribution in [2.24, 2.45) is 0 Å². The number of nitrogens with one attached hydrogen (secondary N) is 1. The zero-order valence-electron chi connectivity index (χ0n) is 15.5. The molecule has 0 spiro atoms. The van der Waals surface area contributed by atoms with Crippen LogP contribution in [0.3, 0.4) is 0 Å². The van der Waals surface area contributed by atoms with Crippen LogP contribution in [0.4, 0.5) is 5.82 Å². The number of nitrogens with zero attached hydrogens (tertiary/aromatic N) is 4. The number of hydroxylamine groups is 1. The molecule has 0 aromatic carbocycles. The van der Waals surface area contributed by atoms with Gasteiger partial charge >= 0.3 is 0 Å². The first-order valence-electron chi connectivity index (χ1n) is 8.72. The van der Waals surface area contributed by atoms with E-state index in [0.29, 0.717) is 37.7 Å². The standard InChI is InChI=1S/C18H23BrN6O2/c1-4-26-10-14-23-16-17(25(14)6-5-7-27-24-11(2)3)15-13(22-18(16)20)8-12(19)9-21-15/h8-9,24H,2,4-7,10H2,1,3H3,(H2,20,22). The molecule has 0 aliphatic rings. The number of rotatable bonds is 9. The summed E-state index contributed by atoms with van der Waals surface area (Å²) in [6.07, 6.45) is 2.52. The van der Waals surface area contributed by atoms with Gasteiger partial charge in [-0.15, -0.1) is 0 Å². The van der Waals surface area contributed by atoms with Crippen LogP contribution in [0.2, 0.25) is 0 Å². The van der Waals surface area contributed by atoms with E-state index < -0.39 is 0 Å². The Bertz CT molecular complexity index is 972. The van der Waals surface area contributed by atoms with Gasteiger partial charge in [0.2, 0.25) is 0 Å². The molecule has 3 aromatic heterocycles. The van der Waals surface area contributed by atoms with Gasteiger partial charge in [-0.2, -0.15) is 0 Å². The lowest BCUT2D eigenvalue weighted by Gasteiger charge is -2.11. The van der Waals surface area contributed by atoms with E-state index in [2.05, 4.69) is 47.5 Å². The summed E-state index contributed by atoms with van der Waals surface area (Å²) in [6.45, 7) is 9.75. The molecule has 8 nitrogen and oxygen atoms in total. The molecule has 0 radical (unpaired) electrons. The molecule has 0 amide bonds. The Kier molecular flexibility index (Phi) is 6.25. The number of anilines is 1. The number of aromatic nitrogens is 4. The third-order valence-electron chi connectivity index (χ3n) is 3.90. The van der Waals surface area contributed by atoms with Gasteiger partial charge in [0, 0.05) is 29.5 Å². The number of ether oxygens (including phenoxy) is 1. The maximum atomic E-state index is 6.18. The van der Waals surface area contributed by atoms with Gasteiger partial charge in [-0.05, 0) is 42.3 Å². The van der Waals surface area contributed by atoms with Crippen molar-refractivity contribution in [2.45, 2.75) is 33.4 Å². The number of hydrogen-bond donors (Lipinski definition) is 2. The van der Waals surface area contributed by atoms with E-state index in [4.69, 9.17) is 15.3 Å². The van der Waals surface area contributed by atoms with E-state index in [1.54, 1.807) is 6.20 Å². The minimum atomic E-state index is 0.383. The third-order valence-corrected chi connectivity index (χ3v) is 4.33. The number of imidazole rings is 1. The summed E-state index contributed by atoms with van der Waals surface area (Å²) in [6, 6.07) is 1.90. The number of nitrogen functional groups attached to an aromatic ring is 1. The zero-order chi connectivity index (χ0) is 19.4. The third kappa shape index (κ3) is 4.37. The van der Waals surface area contributed by atoms with Crippen LogP contribution in [-0.4, -0.2) is 32.7 Å². The maximum Gasteiger partial charge on any atom is 0.152 e. The van der Waals surface area contributed by atoms with E-state index >= 15 is 0 Å². The summed E-state index contributed by atoms with van der Waals surface area (Å²) in [5.74, 6) is 1.18. The molecule has 3 heterocycles. The molecule has 0 atom stereocenters. The minimum Gasteiger partial charge on any atom is -0.382 e. The average Bonchev–Trinajstić information content (AvgIpc) is 2.98. The Hall–Kier alpha value is -2.23. The minimum absolute atomic E-state index is 0.383. The molecule has 144 valence electrons. The molecule has 3 rings (SSSR count). The van der Waals surface area contributed by atoms with E-state index in [1.807, 2.05) is 19.9 Å². The zero-order valence-corrected chi connectivity index (χ0v) is 17.0. The number of hydrogen-bond acceptors (Lipinski definition) is 7. The summed E-state index contributed by atoms with van der Waals surface area (Å²) in [5.41, 5.74) is 12.7. The maximum absolute atomic E-state index is 6.18. The second-order valence-corrected chi connectivity index (χ2v) is 7.03. The Morgan fingerprint density at radius 1 is 1.37 bits per heavy atom. The number of nitrogens with two attached hydrogens (primary N) is 1. The molecular weight excluding hydrogens is 412 g/mol. The van der Waals surface area contributed by atoms with Crippen molar-refractivity contribution < 1.29 is 9.57 Å². The van der Waals surface area contributed by atoms with Crippen LogP contribution in [0, 0.1) is 0 Å². The molecule has 0 saturated carbocycles.